The number of rotatable bonds is 84. The third-order valence-electron chi connectivity index (χ3n) is 19.8. The van der Waals surface area contributed by atoms with E-state index in [4.69, 9.17) is 37.0 Å². The van der Waals surface area contributed by atoms with E-state index in [0.29, 0.717) is 25.7 Å². The highest BCUT2D eigenvalue weighted by Gasteiger charge is 2.30. The van der Waals surface area contributed by atoms with Crippen molar-refractivity contribution in [2.75, 3.05) is 39.6 Å². The summed E-state index contributed by atoms with van der Waals surface area (Å²) >= 11 is 0. The topological polar surface area (TPSA) is 237 Å². The third kappa shape index (κ3) is 78.0. The maximum absolute atomic E-state index is 13.1. The highest BCUT2D eigenvalue weighted by Crippen LogP contribution is 2.45. The zero-order valence-electron chi connectivity index (χ0n) is 67.5. The Morgan fingerprint density at radius 3 is 0.660 bits per heavy atom. The third-order valence-corrected chi connectivity index (χ3v) is 21.7. The molecule has 17 nitrogen and oxygen atoms in total. The number of aliphatic hydroxyl groups excluding tert-OH is 1. The van der Waals surface area contributed by atoms with Gasteiger partial charge in [0.25, 0.3) is 0 Å². The molecule has 0 aliphatic carbocycles. The van der Waals surface area contributed by atoms with E-state index < -0.39 is 97.5 Å². The number of unbranched alkanes of at least 4 members (excludes halogenated alkanes) is 56. The molecule has 0 rings (SSSR count). The zero-order chi connectivity index (χ0) is 75.5. The van der Waals surface area contributed by atoms with E-state index in [-0.39, 0.29) is 25.7 Å². The molecule has 103 heavy (non-hydrogen) atoms. The van der Waals surface area contributed by atoms with E-state index in [1.165, 1.54) is 263 Å². The maximum Gasteiger partial charge on any atom is 0.472 e. The van der Waals surface area contributed by atoms with Gasteiger partial charge in [0.05, 0.1) is 26.4 Å². The molecule has 0 aromatic carbocycles. The van der Waals surface area contributed by atoms with Crippen LogP contribution >= 0.6 is 15.6 Å². The van der Waals surface area contributed by atoms with Gasteiger partial charge in [0.2, 0.25) is 0 Å². The number of carbonyl (C=O) groups excluding carboxylic acids is 4. The minimum absolute atomic E-state index is 0.107. The molecule has 3 N–H and O–H groups in total. The van der Waals surface area contributed by atoms with Crippen LogP contribution in [0.15, 0.2) is 0 Å². The van der Waals surface area contributed by atoms with Gasteiger partial charge in [-0.25, -0.2) is 9.13 Å². The lowest BCUT2D eigenvalue weighted by molar-refractivity contribution is -0.161. The number of hydrogen-bond acceptors (Lipinski definition) is 15. The van der Waals surface area contributed by atoms with E-state index in [1.54, 1.807) is 0 Å². The molecular weight excluding hydrogens is 1340 g/mol. The predicted molar refractivity (Wildman–Crippen MR) is 423 cm³/mol. The van der Waals surface area contributed by atoms with Gasteiger partial charge in [-0.05, 0) is 31.6 Å². The smallest absolute Gasteiger partial charge is 0.462 e. The van der Waals surface area contributed by atoms with Crippen LogP contribution in [-0.2, 0) is 65.4 Å². The van der Waals surface area contributed by atoms with Crippen molar-refractivity contribution < 1.29 is 80.2 Å². The SMILES string of the molecule is CCCCCCCCCCCCCCCCCCCCCCCCC(=O)O[C@H](COC(=O)CCCCCCCCCCCCCCCCCCCCCC)COP(=O)(O)OC[C@@H](O)COP(=O)(O)OC[C@@H](COC(=O)CCCCCCCCC)OC(=O)CCCCCCCCCCCCCC(C)C. The van der Waals surface area contributed by atoms with Crippen molar-refractivity contribution in [2.24, 2.45) is 5.92 Å². The zero-order valence-corrected chi connectivity index (χ0v) is 69.3. The minimum Gasteiger partial charge on any atom is -0.462 e. The van der Waals surface area contributed by atoms with Gasteiger partial charge in [-0.1, -0.05) is 401 Å². The number of phosphoric ester groups is 2. The average molecular weight is 1510 g/mol. The van der Waals surface area contributed by atoms with Gasteiger partial charge in [-0.3, -0.25) is 37.3 Å². The van der Waals surface area contributed by atoms with Crippen LogP contribution in [-0.4, -0.2) is 96.7 Å². The summed E-state index contributed by atoms with van der Waals surface area (Å²) < 4.78 is 68.7. The summed E-state index contributed by atoms with van der Waals surface area (Å²) in [4.78, 5) is 73.0. The quantitative estimate of drug-likeness (QED) is 0.0222. The van der Waals surface area contributed by atoms with Crippen LogP contribution < -0.4 is 0 Å². The van der Waals surface area contributed by atoms with E-state index in [9.17, 15) is 43.2 Å². The van der Waals surface area contributed by atoms with E-state index in [1.807, 2.05) is 0 Å². The molecule has 0 saturated carbocycles. The first kappa shape index (κ1) is 101. The van der Waals surface area contributed by atoms with Gasteiger partial charge in [0.1, 0.15) is 19.3 Å². The van der Waals surface area contributed by atoms with Gasteiger partial charge in [-0.2, -0.15) is 0 Å². The number of hydrogen-bond donors (Lipinski definition) is 3. The van der Waals surface area contributed by atoms with Crippen LogP contribution in [0.25, 0.3) is 0 Å². The van der Waals surface area contributed by atoms with Crippen molar-refractivity contribution in [3.63, 3.8) is 0 Å². The molecule has 0 saturated heterocycles. The van der Waals surface area contributed by atoms with Crippen molar-refractivity contribution in [3.05, 3.63) is 0 Å². The maximum atomic E-state index is 13.1. The minimum atomic E-state index is -4.96. The second-order valence-corrected chi connectivity index (χ2v) is 33.6. The number of ether oxygens (including phenoxy) is 4. The molecule has 19 heteroatoms. The number of carbonyl (C=O) groups is 4. The van der Waals surface area contributed by atoms with Crippen molar-refractivity contribution in [3.8, 4) is 0 Å². The Labute approximate surface area is 632 Å². The molecule has 0 aromatic rings. The highest BCUT2D eigenvalue weighted by atomic mass is 31.2. The summed E-state index contributed by atoms with van der Waals surface area (Å²) in [5.41, 5.74) is 0. The fourth-order valence-corrected chi connectivity index (χ4v) is 14.7. The van der Waals surface area contributed by atoms with Gasteiger partial charge in [-0.15, -0.1) is 0 Å². The largest absolute Gasteiger partial charge is 0.472 e. The molecule has 0 spiro atoms. The fraction of sp³-hybridized carbons (Fsp3) is 0.952. The van der Waals surface area contributed by atoms with Crippen LogP contribution in [0.3, 0.4) is 0 Å². The van der Waals surface area contributed by atoms with Crippen LogP contribution in [0.4, 0.5) is 0 Å². The Hall–Kier alpha value is -1.94. The van der Waals surface area contributed by atoms with Crippen LogP contribution in [0.1, 0.15) is 452 Å². The monoisotopic (exact) mass is 1510 g/mol. The summed E-state index contributed by atoms with van der Waals surface area (Å²) in [7, 11) is -9.92. The standard InChI is InChI=1S/C84H164O17P2/c1-6-9-12-15-18-20-22-24-26-28-30-32-33-35-37-39-41-45-49-54-59-64-69-83(88)101-80(74-95-82(87)68-63-58-53-48-44-40-38-36-34-31-29-27-25-23-21-19-16-13-10-7-2)76-99-103(92,93)97-72-78(85)71-96-102(90,91)98-75-79(73-94-81(86)67-62-57-51-17-14-11-8-3)100-84(89)70-65-60-55-50-46-42-43-47-52-56-61-66-77(4)5/h77-80,85H,6-76H2,1-5H3,(H,90,91)(H,92,93)/t78-,79+,80+/m0/s1. The Morgan fingerprint density at radius 2 is 0.447 bits per heavy atom. The molecule has 0 amide bonds. The molecule has 0 aromatic heterocycles. The molecule has 0 fully saturated rings. The van der Waals surface area contributed by atoms with E-state index >= 15 is 0 Å². The molecule has 0 aliphatic rings. The lowest BCUT2D eigenvalue weighted by Crippen LogP contribution is -2.30. The van der Waals surface area contributed by atoms with Crippen molar-refractivity contribution >= 4 is 39.5 Å². The van der Waals surface area contributed by atoms with Crippen LogP contribution in [0.2, 0.25) is 0 Å². The lowest BCUT2D eigenvalue weighted by Gasteiger charge is -2.21. The number of esters is 4. The first-order chi connectivity index (χ1) is 50.0. The molecule has 0 heterocycles. The Kier molecular flexibility index (Phi) is 75.4. The fourth-order valence-electron chi connectivity index (χ4n) is 13.1. The molecule has 612 valence electrons. The van der Waals surface area contributed by atoms with Crippen molar-refractivity contribution in [1.82, 2.24) is 0 Å². The molecule has 0 radical (unpaired) electrons. The molecule has 5 atom stereocenters. The lowest BCUT2D eigenvalue weighted by atomic mass is 10.0. The van der Waals surface area contributed by atoms with E-state index in [0.717, 1.165) is 109 Å². The summed E-state index contributed by atoms with van der Waals surface area (Å²) in [6.45, 7) is 7.30. The van der Waals surface area contributed by atoms with Crippen molar-refractivity contribution in [1.29, 1.82) is 0 Å². The second-order valence-electron chi connectivity index (χ2n) is 30.7. The first-order valence-electron chi connectivity index (χ1n) is 43.6. The molecule has 0 aliphatic heterocycles. The molecule has 2 unspecified atom stereocenters. The van der Waals surface area contributed by atoms with Gasteiger partial charge in [0, 0.05) is 25.7 Å². The van der Waals surface area contributed by atoms with Crippen molar-refractivity contribution in [2.45, 2.75) is 470 Å². The number of phosphoric acid groups is 2. The Morgan fingerprint density at radius 1 is 0.262 bits per heavy atom. The van der Waals surface area contributed by atoms with Crippen LogP contribution in [0, 0.1) is 5.92 Å². The van der Waals surface area contributed by atoms with Gasteiger partial charge >= 0.3 is 39.5 Å². The summed E-state index contributed by atoms with van der Waals surface area (Å²) in [5, 5.41) is 10.6. The van der Waals surface area contributed by atoms with Crippen LogP contribution in [0.5, 0.6) is 0 Å². The second kappa shape index (κ2) is 76.8. The summed E-state index contributed by atoms with van der Waals surface area (Å²) in [6, 6.07) is 0. The van der Waals surface area contributed by atoms with Gasteiger partial charge in [0.15, 0.2) is 12.2 Å². The Bertz CT molecular complexity index is 1960. The molecular formula is C84H164O17P2. The highest BCUT2D eigenvalue weighted by molar-refractivity contribution is 7.47. The normalized spacial score (nSPS) is 13.8. The summed E-state index contributed by atoms with van der Waals surface area (Å²) in [6.07, 6.45) is 69.8. The number of aliphatic hydroxyl groups is 1. The van der Waals surface area contributed by atoms with E-state index in [2.05, 4.69) is 34.6 Å². The summed E-state index contributed by atoms with van der Waals surface area (Å²) in [5.74, 6) is -1.34. The predicted octanol–water partition coefficient (Wildman–Crippen LogP) is 25.6. The average Bonchev–Trinajstić information content (AvgIpc) is 0.927. The van der Waals surface area contributed by atoms with Gasteiger partial charge < -0.3 is 33.8 Å². The molecule has 0 bridgehead atoms. The Balaban J connectivity index is 5.15. The first-order valence-corrected chi connectivity index (χ1v) is 46.6.